The highest BCUT2D eigenvalue weighted by molar-refractivity contribution is 5.63. The monoisotopic (exact) mass is 275 g/mol. The number of nitrogens with one attached hydrogen (secondary N) is 1. The number of para-hydroxylation sites is 1. The molecule has 5 heteroatoms. The predicted molar refractivity (Wildman–Crippen MR) is 77.5 cm³/mol. The van der Waals surface area contributed by atoms with Crippen LogP contribution in [-0.2, 0) is 6.54 Å². The van der Waals surface area contributed by atoms with Crippen molar-refractivity contribution in [3.05, 3.63) is 30.2 Å². The molecule has 1 N–H and O–H groups in total. The van der Waals surface area contributed by atoms with Crippen molar-refractivity contribution in [3.63, 3.8) is 0 Å². The van der Waals surface area contributed by atoms with Gasteiger partial charge in [0.2, 0.25) is 11.7 Å². The Bertz CT molecular complexity index is 558. The lowest BCUT2D eigenvalue weighted by molar-refractivity contribution is 0.334. The lowest BCUT2D eigenvalue weighted by Gasteiger charge is -2.18. The first kappa shape index (κ1) is 14.5. The molecule has 0 saturated heterocycles. The SMILES string of the molecule is CCOc1ccccc1-c1noc(CNC(C)(C)C)n1. The zero-order valence-electron chi connectivity index (χ0n) is 12.4. The number of rotatable bonds is 5. The minimum absolute atomic E-state index is 0.0118. The van der Waals surface area contributed by atoms with Gasteiger partial charge in [0, 0.05) is 5.54 Å². The van der Waals surface area contributed by atoms with Gasteiger partial charge in [-0.1, -0.05) is 17.3 Å². The molecule has 0 radical (unpaired) electrons. The van der Waals surface area contributed by atoms with Crippen LogP contribution in [0, 0.1) is 0 Å². The molecule has 0 bridgehead atoms. The zero-order chi connectivity index (χ0) is 14.6. The highest BCUT2D eigenvalue weighted by atomic mass is 16.5. The fourth-order valence-corrected chi connectivity index (χ4v) is 1.71. The van der Waals surface area contributed by atoms with Crippen LogP contribution in [0.2, 0.25) is 0 Å². The van der Waals surface area contributed by atoms with E-state index in [1.807, 2.05) is 31.2 Å². The van der Waals surface area contributed by atoms with Crippen LogP contribution in [0.4, 0.5) is 0 Å². The molecule has 2 aromatic rings. The van der Waals surface area contributed by atoms with E-state index >= 15 is 0 Å². The highest BCUT2D eigenvalue weighted by Crippen LogP contribution is 2.27. The minimum atomic E-state index is 0.0118. The van der Waals surface area contributed by atoms with E-state index in [2.05, 4.69) is 36.2 Å². The largest absolute Gasteiger partial charge is 0.493 e. The predicted octanol–water partition coefficient (Wildman–Crippen LogP) is 3.02. The molecule has 0 saturated carbocycles. The molecule has 108 valence electrons. The number of benzene rings is 1. The first-order valence-corrected chi connectivity index (χ1v) is 6.79. The Balaban J connectivity index is 2.16. The van der Waals surface area contributed by atoms with Crippen LogP contribution in [0.25, 0.3) is 11.4 Å². The molecular formula is C15H21N3O2. The Hall–Kier alpha value is -1.88. The molecule has 2 rings (SSSR count). The Morgan fingerprint density at radius 1 is 1.25 bits per heavy atom. The quantitative estimate of drug-likeness (QED) is 0.909. The minimum Gasteiger partial charge on any atom is -0.493 e. The van der Waals surface area contributed by atoms with E-state index in [1.54, 1.807) is 0 Å². The number of aromatic nitrogens is 2. The summed E-state index contributed by atoms with van der Waals surface area (Å²) in [7, 11) is 0. The standard InChI is InChI=1S/C15H21N3O2/c1-5-19-12-9-7-6-8-11(12)14-17-13(20-18-14)10-16-15(2,3)4/h6-9,16H,5,10H2,1-4H3. The maximum Gasteiger partial charge on any atom is 0.240 e. The summed E-state index contributed by atoms with van der Waals surface area (Å²) < 4.78 is 10.8. The van der Waals surface area contributed by atoms with Gasteiger partial charge in [-0.2, -0.15) is 4.98 Å². The van der Waals surface area contributed by atoms with Crippen LogP contribution < -0.4 is 10.1 Å². The van der Waals surface area contributed by atoms with Crippen LogP contribution in [0.1, 0.15) is 33.6 Å². The summed E-state index contributed by atoms with van der Waals surface area (Å²) in [4.78, 5) is 4.41. The maximum atomic E-state index is 5.58. The van der Waals surface area contributed by atoms with Crippen LogP contribution in [0.15, 0.2) is 28.8 Å². The van der Waals surface area contributed by atoms with Crippen molar-refractivity contribution in [1.29, 1.82) is 0 Å². The van der Waals surface area contributed by atoms with E-state index in [4.69, 9.17) is 9.26 Å². The van der Waals surface area contributed by atoms with Crippen molar-refractivity contribution in [2.75, 3.05) is 6.61 Å². The van der Waals surface area contributed by atoms with Crippen molar-refractivity contribution < 1.29 is 9.26 Å². The van der Waals surface area contributed by atoms with E-state index in [-0.39, 0.29) is 5.54 Å². The van der Waals surface area contributed by atoms with Crippen molar-refractivity contribution >= 4 is 0 Å². The Kier molecular flexibility index (Phi) is 4.39. The van der Waals surface area contributed by atoms with Gasteiger partial charge in [0.15, 0.2) is 0 Å². The molecule has 0 fully saturated rings. The fraction of sp³-hybridized carbons (Fsp3) is 0.467. The van der Waals surface area contributed by atoms with Gasteiger partial charge in [0.1, 0.15) is 5.75 Å². The summed E-state index contributed by atoms with van der Waals surface area (Å²) in [5.74, 6) is 1.90. The second-order valence-electron chi connectivity index (χ2n) is 5.54. The van der Waals surface area contributed by atoms with E-state index in [9.17, 15) is 0 Å². The smallest absolute Gasteiger partial charge is 0.240 e. The normalized spacial score (nSPS) is 11.6. The summed E-state index contributed by atoms with van der Waals surface area (Å²) in [5, 5.41) is 7.34. The molecule has 0 aliphatic rings. The van der Waals surface area contributed by atoms with E-state index in [0.717, 1.165) is 11.3 Å². The third-order valence-corrected chi connectivity index (χ3v) is 2.67. The molecule has 20 heavy (non-hydrogen) atoms. The molecule has 0 spiro atoms. The lowest BCUT2D eigenvalue weighted by atomic mass is 10.1. The van der Waals surface area contributed by atoms with Crippen LogP contribution in [0.3, 0.4) is 0 Å². The number of hydrogen-bond donors (Lipinski definition) is 1. The van der Waals surface area contributed by atoms with Crippen molar-refractivity contribution in [1.82, 2.24) is 15.5 Å². The molecule has 1 aromatic heterocycles. The molecule has 0 unspecified atom stereocenters. The van der Waals surface area contributed by atoms with Crippen molar-refractivity contribution in [2.24, 2.45) is 0 Å². The van der Waals surface area contributed by atoms with E-state index < -0.39 is 0 Å². The number of nitrogens with zero attached hydrogens (tertiary/aromatic N) is 2. The topological polar surface area (TPSA) is 60.2 Å². The summed E-state index contributed by atoms with van der Waals surface area (Å²) in [6.45, 7) is 9.38. The molecule has 0 amide bonds. The maximum absolute atomic E-state index is 5.58. The Morgan fingerprint density at radius 2 is 2.00 bits per heavy atom. The third-order valence-electron chi connectivity index (χ3n) is 2.67. The second-order valence-corrected chi connectivity index (χ2v) is 5.54. The van der Waals surface area contributed by atoms with Crippen LogP contribution in [0.5, 0.6) is 5.75 Å². The summed E-state index contributed by atoms with van der Waals surface area (Å²) in [6, 6.07) is 7.69. The lowest BCUT2D eigenvalue weighted by Crippen LogP contribution is -2.35. The number of hydrogen-bond acceptors (Lipinski definition) is 5. The van der Waals surface area contributed by atoms with Gasteiger partial charge in [-0.3, -0.25) is 0 Å². The van der Waals surface area contributed by atoms with Crippen molar-refractivity contribution in [3.8, 4) is 17.1 Å². The molecule has 0 atom stereocenters. The summed E-state index contributed by atoms with van der Waals surface area (Å²) in [5.41, 5.74) is 0.859. The van der Waals surface area contributed by atoms with Crippen molar-refractivity contribution in [2.45, 2.75) is 39.8 Å². The van der Waals surface area contributed by atoms with Gasteiger partial charge in [-0.05, 0) is 39.8 Å². The van der Waals surface area contributed by atoms with Gasteiger partial charge < -0.3 is 14.6 Å². The van der Waals surface area contributed by atoms with Gasteiger partial charge in [-0.15, -0.1) is 0 Å². The Morgan fingerprint density at radius 3 is 2.70 bits per heavy atom. The highest BCUT2D eigenvalue weighted by Gasteiger charge is 2.15. The fourth-order valence-electron chi connectivity index (χ4n) is 1.71. The molecule has 0 aliphatic carbocycles. The summed E-state index contributed by atoms with van der Waals surface area (Å²) in [6.07, 6.45) is 0. The molecule has 0 aliphatic heterocycles. The molecule has 5 nitrogen and oxygen atoms in total. The third kappa shape index (κ3) is 3.81. The Labute approximate surface area is 119 Å². The zero-order valence-corrected chi connectivity index (χ0v) is 12.4. The average Bonchev–Trinajstić information content (AvgIpc) is 2.85. The van der Waals surface area contributed by atoms with Crippen LogP contribution in [-0.4, -0.2) is 22.3 Å². The average molecular weight is 275 g/mol. The van der Waals surface area contributed by atoms with Gasteiger partial charge >= 0.3 is 0 Å². The van der Waals surface area contributed by atoms with Gasteiger partial charge in [0.25, 0.3) is 0 Å². The first-order chi connectivity index (χ1) is 9.49. The van der Waals surface area contributed by atoms with Gasteiger partial charge in [0.05, 0.1) is 18.7 Å². The van der Waals surface area contributed by atoms with Gasteiger partial charge in [-0.25, -0.2) is 0 Å². The molecule has 1 aromatic carbocycles. The molecule has 1 heterocycles. The van der Waals surface area contributed by atoms with E-state index in [0.29, 0.717) is 24.9 Å². The first-order valence-electron chi connectivity index (χ1n) is 6.79. The van der Waals surface area contributed by atoms with Crippen LogP contribution >= 0.6 is 0 Å². The second kappa shape index (κ2) is 6.05. The molecular weight excluding hydrogens is 254 g/mol. The van der Waals surface area contributed by atoms with E-state index in [1.165, 1.54) is 0 Å². The number of ether oxygens (including phenoxy) is 1. The summed E-state index contributed by atoms with van der Waals surface area (Å²) >= 11 is 0.